The van der Waals surface area contributed by atoms with Gasteiger partial charge in [0.05, 0.1) is 12.2 Å². The van der Waals surface area contributed by atoms with Gasteiger partial charge in [-0.05, 0) is 38.5 Å². The van der Waals surface area contributed by atoms with Crippen LogP contribution in [0.5, 0.6) is 0 Å². The Bertz CT molecular complexity index is 341. The van der Waals surface area contributed by atoms with Crippen molar-refractivity contribution in [3.8, 4) is 0 Å². The average molecular weight is 330 g/mol. The van der Waals surface area contributed by atoms with Crippen molar-refractivity contribution >= 4 is 11.8 Å². The van der Waals surface area contributed by atoms with E-state index in [-0.39, 0.29) is 17.9 Å². The molecule has 2 unspecified atom stereocenters. The zero-order valence-electron chi connectivity index (χ0n) is 15.5. The fraction of sp³-hybridized carbons (Fsp3) is 0.882. The lowest BCUT2D eigenvalue weighted by atomic mass is 9.88. The van der Waals surface area contributed by atoms with E-state index in [2.05, 4.69) is 10.6 Å². The van der Waals surface area contributed by atoms with Crippen molar-refractivity contribution in [3.63, 3.8) is 0 Å². The summed E-state index contributed by atoms with van der Waals surface area (Å²) < 4.78 is 11.2. The molecule has 0 aromatic carbocycles. The molecule has 0 heterocycles. The molecule has 2 amide bonds. The molecule has 1 aliphatic carbocycles. The molecule has 1 aliphatic rings. The molecule has 2 atom stereocenters. The largest absolute Gasteiger partial charge is 0.381 e. The van der Waals surface area contributed by atoms with Gasteiger partial charge in [0.1, 0.15) is 6.04 Å². The third-order valence-corrected chi connectivity index (χ3v) is 4.08. The van der Waals surface area contributed by atoms with E-state index in [9.17, 15) is 9.59 Å². The number of hydrogen-bond acceptors (Lipinski definition) is 4. The van der Waals surface area contributed by atoms with Crippen LogP contribution in [0.15, 0.2) is 0 Å². The van der Waals surface area contributed by atoms with E-state index in [0.717, 1.165) is 25.7 Å². The fourth-order valence-corrected chi connectivity index (χ4v) is 2.69. The van der Waals surface area contributed by atoms with E-state index >= 15 is 0 Å². The molecular formula is C17H34N2O4. The second-order valence-electron chi connectivity index (χ2n) is 5.71. The van der Waals surface area contributed by atoms with Crippen molar-refractivity contribution in [3.05, 3.63) is 0 Å². The number of rotatable bonds is 7. The molecule has 136 valence electrons. The van der Waals surface area contributed by atoms with Crippen LogP contribution in [0, 0.1) is 5.92 Å². The smallest absolute Gasteiger partial charge is 0.245 e. The van der Waals surface area contributed by atoms with Gasteiger partial charge in [0, 0.05) is 27.7 Å². The van der Waals surface area contributed by atoms with Gasteiger partial charge in [-0.15, -0.1) is 0 Å². The van der Waals surface area contributed by atoms with Gasteiger partial charge < -0.3 is 20.1 Å². The van der Waals surface area contributed by atoms with Crippen LogP contribution in [0.25, 0.3) is 0 Å². The van der Waals surface area contributed by atoms with Gasteiger partial charge in [0.25, 0.3) is 0 Å². The Morgan fingerprint density at radius 2 is 1.74 bits per heavy atom. The predicted octanol–water partition coefficient (Wildman–Crippen LogP) is 1.87. The molecule has 0 aromatic rings. The molecule has 6 nitrogen and oxygen atoms in total. The molecule has 0 radical (unpaired) electrons. The Labute approximate surface area is 140 Å². The Morgan fingerprint density at radius 1 is 1.17 bits per heavy atom. The van der Waals surface area contributed by atoms with E-state index in [1.165, 1.54) is 6.92 Å². The zero-order chi connectivity index (χ0) is 17.8. The molecule has 2 N–H and O–H groups in total. The van der Waals surface area contributed by atoms with Gasteiger partial charge >= 0.3 is 0 Å². The lowest BCUT2D eigenvalue weighted by Crippen LogP contribution is -2.52. The Balaban J connectivity index is 0.00000232. The first-order chi connectivity index (χ1) is 11.0. The summed E-state index contributed by atoms with van der Waals surface area (Å²) in [6, 6.07) is -0.650. The van der Waals surface area contributed by atoms with Crippen LogP contribution in [0.4, 0.5) is 0 Å². The summed E-state index contributed by atoms with van der Waals surface area (Å²) in [7, 11) is 3.31. The normalized spacial score (nSPS) is 23.0. The molecule has 0 saturated heterocycles. The van der Waals surface area contributed by atoms with Gasteiger partial charge in [-0.3, -0.25) is 9.59 Å². The SMILES string of the molecule is CC.CNC(=O)C(NC(C)=O)C(C)OCC1CCC(OC)CC1. The third-order valence-electron chi connectivity index (χ3n) is 4.08. The van der Waals surface area contributed by atoms with Gasteiger partial charge in [-0.2, -0.15) is 0 Å². The van der Waals surface area contributed by atoms with Crippen molar-refractivity contribution in [2.24, 2.45) is 5.92 Å². The monoisotopic (exact) mass is 330 g/mol. The first-order valence-electron chi connectivity index (χ1n) is 8.61. The number of carbonyl (C=O) groups excluding carboxylic acids is 2. The summed E-state index contributed by atoms with van der Waals surface area (Å²) in [4.78, 5) is 23.0. The summed E-state index contributed by atoms with van der Waals surface area (Å²) in [6.07, 6.45) is 4.30. The predicted molar refractivity (Wildman–Crippen MR) is 91.2 cm³/mol. The topological polar surface area (TPSA) is 76.7 Å². The van der Waals surface area contributed by atoms with E-state index in [1.807, 2.05) is 20.8 Å². The molecule has 23 heavy (non-hydrogen) atoms. The van der Waals surface area contributed by atoms with E-state index in [1.54, 1.807) is 14.2 Å². The Morgan fingerprint density at radius 3 is 2.17 bits per heavy atom. The second-order valence-corrected chi connectivity index (χ2v) is 5.71. The zero-order valence-corrected chi connectivity index (χ0v) is 15.5. The van der Waals surface area contributed by atoms with Crippen LogP contribution in [0.3, 0.4) is 0 Å². The summed E-state index contributed by atoms with van der Waals surface area (Å²) in [5, 5.41) is 5.19. The number of carbonyl (C=O) groups is 2. The van der Waals surface area contributed by atoms with E-state index < -0.39 is 6.04 Å². The average Bonchev–Trinajstić information content (AvgIpc) is 2.58. The second kappa shape index (κ2) is 12.3. The lowest BCUT2D eigenvalue weighted by molar-refractivity contribution is -0.132. The van der Waals surface area contributed by atoms with Crippen molar-refractivity contribution in [2.45, 2.75) is 71.6 Å². The highest BCUT2D eigenvalue weighted by atomic mass is 16.5. The molecule has 0 aromatic heterocycles. The highest BCUT2D eigenvalue weighted by Crippen LogP contribution is 2.26. The fourth-order valence-electron chi connectivity index (χ4n) is 2.69. The van der Waals surface area contributed by atoms with Crippen molar-refractivity contribution in [2.75, 3.05) is 20.8 Å². The summed E-state index contributed by atoms with van der Waals surface area (Å²) in [5.41, 5.74) is 0. The standard InChI is InChI=1S/C15H28N2O4.C2H6/c1-10(14(15(19)16-3)17-11(2)18)21-9-12-5-7-13(20-4)8-6-12;1-2/h10,12-14H,5-9H2,1-4H3,(H,16,19)(H,17,18);1-2H3. The van der Waals surface area contributed by atoms with Crippen molar-refractivity contribution in [1.29, 1.82) is 0 Å². The molecule has 1 saturated carbocycles. The Kier molecular flexibility index (Phi) is 11.7. The van der Waals surface area contributed by atoms with Crippen LogP contribution in [0.1, 0.15) is 53.4 Å². The first-order valence-corrected chi connectivity index (χ1v) is 8.61. The minimum atomic E-state index is -0.650. The molecule has 0 aliphatic heterocycles. The summed E-state index contributed by atoms with van der Waals surface area (Å²) >= 11 is 0. The maximum atomic E-state index is 11.8. The van der Waals surface area contributed by atoms with Crippen LogP contribution in [0.2, 0.25) is 0 Å². The van der Waals surface area contributed by atoms with Crippen molar-refractivity contribution in [1.82, 2.24) is 10.6 Å². The van der Waals surface area contributed by atoms with E-state index in [0.29, 0.717) is 18.6 Å². The highest BCUT2D eigenvalue weighted by Gasteiger charge is 2.27. The third kappa shape index (κ3) is 8.32. The quantitative estimate of drug-likeness (QED) is 0.747. The number of amides is 2. The first kappa shape index (κ1) is 21.9. The van der Waals surface area contributed by atoms with Gasteiger partial charge in [-0.1, -0.05) is 13.8 Å². The minimum Gasteiger partial charge on any atom is -0.381 e. The molecule has 0 spiro atoms. The van der Waals surface area contributed by atoms with Gasteiger partial charge in [0.15, 0.2) is 0 Å². The van der Waals surface area contributed by atoms with Gasteiger partial charge in [0.2, 0.25) is 11.8 Å². The Hall–Kier alpha value is -1.14. The van der Waals surface area contributed by atoms with Crippen LogP contribution in [-0.2, 0) is 19.1 Å². The number of methoxy groups -OCH3 is 1. The molecule has 0 bridgehead atoms. The maximum Gasteiger partial charge on any atom is 0.245 e. The number of hydrogen-bond donors (Lipinski definition) is 2. The number of ether oxygens (including phenoxy) is 2. The van der Waals surface area contributed by atoms with Crippen LogP contribution in [-0.4, -0.2) is 50.8 Å². The minimum absolute atomic E-state index is 0.235. The molecule has 6 heteroatoms. The van der Waals surface area contributed by atoms with E-state index in [4.69, 9.17) is 9.47 Å². The number of likely N-dealkylation sites (N-methyl/N-ethyl adjacent to an activating group) is 1. The van der Waals surface area contributed by atoms with Crippen molar-refractivity contribution < 1.29 is 19.1 Å². The van der Waals surface area contributed by atoms with Gasteiger partial charge in [-0.25, -0.2) is 0 Å². The van der Waals surface area contributed by atoms with Crippen LogP contribution >= 0.6 is 0 Å². The highest BCUT2D eigenvalue weighted by molar-refractivity contribution is 5.87. The molecule has 1 rings (SSSR count). The van der Waals surface area contributed by atoms with Crippen LogP contribution < -0.4 is 10.6 Å². The molecule has 1 fully saturated rings. The maximum absolute atomic E-state index is 11.8. The summed E-state index contributed by atoms with van der Waals surface area (Å²) in [5.74, 6) is 0.0296. The number of nitrogens with one attached hydrogen (secondary N) is 2. The lowest BCUT2D eigenvalue weighted by Gasteiger charge is -2.30. The summed E-state index contributed by atoms with van der Waals surface area (Å²) in [6.45, 7) is 7.83. The molecular weight excluding hydrogens is 296 g/mol.